The Labute approximate surface area is 193 Å². The second-order valence-electron chi connectivity index (χ2n) is 8.54. The lowest BCUT2D eigenvalue weighted by Gasteiger charge is -2.29. The lowest BCUT2D eigenvalue weighted by molar-refractivity contribution is -0.132. The van der Waals surface area contributed by atoms with Gasteiger partial charge < -0.3 is 14.8 Å². The van der Waals surface area contributed by atoms with Gasteiger partial charge in [-0.3, -0.25) is 14.4 Å². The number of aromatic nitrogens is 1. The van der Waals surface area contributed by atoms with Gasteiger partial charge in [-0.1, -0.05) is 54.1 Å². The number of carbonyl (C=O) groups excluding carboxylic acids is 2. The number of benzene rings is 2. The van der Waals surface area contributed by atoms with Crippen LogP contribution in [0, 0.1) is 6.92 Å². The van der Waals surface area contributed by atoms with E-state index >= 15 is 0 Å². The lowest BCUT2D eigenvalue weighted by atomic mass is 9.99. The highest BCUT2D eigenvalue weighted by atomic mass is 16.2. The maximum absolute atomic E-state index is 12.8. The third kappa shape index (κ3) is 5.58. The van der Waals surface area contributed by atoms with Crippen molar-refractivity contribution in [3.05, 3.63) is 105 Å². The minimum Gasteiger partial charge on any atom is -0.352 e. The summed E-state index contributed by atoms with van der Waals surface area (Å²) in [5.74, 6) is -0.308. The van der Waals surface area contributed by atoms with Gasteiger partial charge >= 0.3 is 0 Å². The number of hydrogen-bond donors (Lipinski definition) is 1. The highest BCUT2D eigenvalue weighted by molar-refractivity contribution is 5.93. The molecule has 0 unspecified atom stereocenters. The van der Waals surface area contributed by atoms with Crippen molar-refractivity contribution in [1.82, 2.24) is 14.8 Å². The van der Waals surface area contributed by atoms with Gasteiger partial charge in [0.15, 0.2) is 0 Å². The van der Waals surface area contributed by atoms with Crippen molar-refractivity contribution in [3.8, 4) is 0 Å². The SMILES string of the molecule is Cc1cccc(Cn2cccc(C(=O)NCCCC(=O)N3CCc4ccccc4C3)c2=O)c1. The van der Waals surface area contributed by atoms with E-state index in [2.05, 4.69) is 17.4 Å². The first-order chi connectivity index (χ1) is 16.0. The molecule has 1 aromatic heterocycles. The third-order valence-corrected chi connectivity index (χ3v) is 6.04. The van der Waals surface area contributed by atoms with Crippen LogP contribution in [-0.4, -0.2) is 34.4 Å². The van der Waals surface area contributed by atoms with Gasteiger partial charge in [-0.25, -0.2) is 0 Å². The van der Waals surface area contributed by atoms with Crippen LogP contribution in [0.2, 0.25) is 0 Å². The Morgan fingerprint density at radius 2 is 1.82 bits per heavy atom. The maximum atomic E-state index is 12.8. The van der Waals surface area contributed by atoms with Crippen LogP contribution in [0.1, 0.15) is 45.5 Å². The molecule has 170 valence electrons. The molecule has 1 N–H and O–H groups in total. The summed E-state index contributed by atoms with van der Waals surface area (Å²) >= 11 is 0. The van der Waals surface area contributed by atoms with E-state index < -0.39 is 5.91 Å². The molecule has 33 heavy (non-hydrogen) atoms. The largest absolute Gasteiger partial charge is 0.352 e. The van der Waals surface area contributed by atoms with Crippen LogP contribution >= 0.6 is 0 Å². The van der Waals surface area contributed by atoms with E-state index in [-0.39, 0.29) is 17.0 Å². The molecule has 6 heteroatoms. The van der Waals surface area contributed by atoms with E-state index in [1.807, 2.05) is 48.2 Å². The minimum absolute atomic E-state index is 0.0963. The van der Waals surface area contributed by atoms with E-state index in [0.29, 0.717) is 32.5 Å². The molecule has 0 aliphatic carbocycles. The zero-order valence-electron chi connectivity index (χ0n) is 18.9. The van der Waals surface area contributed by atoms with E-state index in [9.17, 15) is 14.4 Å². The number of rotatable bonds is 7. The highest BCUT2D eigenvalue weighted by Crippen LogP contribution is 2.19. The van der Waals surface area contributed by atoms with Crippen LogP contribution in [0.3, 0.4) is 0 Å². The van der Waals surface area contributed by atoms with E-state index in [0.717, 1.165) is 24.1 Å². The number of nitrogens with one attached hydrogen (secondary N) is 1. The molecule has 4 rings (SSSR count). The predicted octanol–water partition coefficient (Wildman–Crippen LogP) is 3.30. The van der Waals surface area contributed by atoms with Crippen molar-refractivity contribution in [3.63, 3.8) is 0 Å². The van der Waals surface area contributed by atoms with E-state index in [1.165, 1.54) is 11.1 Å². The summed E-state index contributed by atoms with van der Waals surface area (Å²) in [6, 6.07) is 19.4. The molecule has 0 fully saturated rings. The van der Waals surface area contributed by atoms with Gasteiger partial charge in [0.05, 0.1) is 6.54 Å². The Balaban J connectivity index is 1.28. The van der Waals surface area contributed by atoms with Gasteiger partial charge in [-0.15, -0.1) is 0 Å². The Kier molecular flexibility index (Phi) is 7.03. The van der Waals surface area contributed by atoms with Crippen molar-refractivity contribution in [2.45, 2.75) is 39.3 Å². The van der Waals surface area contributed by atoms with Crippen LogP contribution in [0.4, 0.5) is 0 Å². The molecule has 0 atom stereocenters. The van der Waals surface area contributed by atoms with E-state index in [1.54, 1.807) is 22.9 Å². The summed E-state index contributed by atoms with van der Waals surface area (Å²) in [6.07, 6.45) is 3.47. The molecule has 3 aromatic rings. The first-order valence-corrected chi connectivity index (χ1v) is 11.4. The molecule has 6 nitrogen and oxygen atoms in total. The van der Waals surface area contributed by atoms with Gasteiger partial charge in [-0.2, -0.15) is 0 Å². The number of nitrogens with zero attached hydrogens (tertiary/aromatic N) is 2. The number of carbonyl (C=O) groups is 2. The molecule has 2 heterocycles. The quantitative estimate of drug-likeness (QED) is 0.570. The first-order valence-electron chi connectivity index (χ1n) is 11.4. The predicted molar refractivity (Wildman–Crippen MR) is 128 cm³/mol. The summed E-state index contributed by atoms with van der Waals surface area (Å²) in [7, 11) is 0. The molecule has 0 saturated carbocycles. The maximum Gasteiger partial charge on any atom is 0.263 e. The number of hydrogen-bond acceptors (Lipinski definition) is 3. The van der Waals surface area contributed by atoms with Crippen LogP contribution in [0.25, 0.3) is 0 Å². The van der Waals surface area contributed by atoms with Crippen molar-refractivity contribution >= 4 is 11.8 Å². The molecule has 1 aliphatic heterocycles. The topological polar surface area (TPSA) is 71.4 Å². The van der Waals surface area contributed by atoms with Crippen LogP contribution in [0.5, 0.6) is 0 Å². The van der Waals surface area contributed by atoms with E-state index in [4.69, 9.17) is 0 Å². The number of pyridine rings is 1. The monoisotopic (exact) mass is 443 g/mol. The first kappa shape index (κ1) is 22.5. The van der Waals surface area contributed by atoms with Gasteiger partial charge in [0.25, 0.3) is 11.5 Å². The zero-order chi connectivity index (χ0) is 23.2. The molecular weight excluding hydrogens is 414 g/mol. The summed E-state index contributed by atoms with van der Waals surface area (Å²) in [5, 5.41) is 2.79. The fraction of sp³-hybridized carbons (Fsp3) is 0.296. The summed E-state index contributed by atoms with van der Waals surface area (Å²) < 4.78 is 1.54. The molecule has 0 bridgehead atoms. The Morgan fingerprint density at radius 3 is 2.64 bits per heavy atom. The van der Waals surface area contributed by atoms with Gasteiger partial charge in [0, 0.05) is 32.3 Å². The smallest absolute Gasteiger partial charge is 0.263 e. The third-order valence-electron chi connectivity index (χ3n) is 6.04. The second-order valence-corrected chi connectivity index (χ2v) is 8.54. The normalized spacial score (nSPS) is 12.8. The average molecular weight is 444 g/mol. The molecular formula is C27H29N3O3. The number of fused-ring (bicyclic) bond motifs is 1. The summed E-state index contributed by atoms with van der Waals surface area (Å²) in [5.41, 5.74) is 4.44. The van der Waals surface area contributed by atoms with Gasteiger partial charge in [-0.05, 0) is 48.6 Å². The zero-order valence-corrected chi connectivity index (χ0v) is 18.9. The second kappa shape index (κ2) is 10.3. The van der Waals surface area contributed by atoms with Crippen molar-refractivity contribution in [2.24, 2.45) is 0 Å². The Bertz CT molecular complexity index is 1210. The fourth-order valence-corrected chi connectivity index (χ4v) is 4.24. The van der Waals surface area contributed by atoms with Crippen molar-refractivity contribution in [1.29, 1.82) is 0 Å². The van der Waals surface area contributed by atoms with Crippen LogP contribution in [-0.2, 0) is 24.3 Å². The van der Waals surface area contributed by atoms with Crippen LogP contribution < -0.4 is 10.9 Å². The fourth-order valence-electron chi connectivity index (χ4n) is 4.24. The Hall–Kier alpha value is -3.67. The standard InChI is InChI=1S/C27H29N3O3/c1-20-7-4-8-21(17-20)18-30-15-6-11-24(27(30)33)26(32)28-14-5-12-25(31)29-16-13-22-9-2-3-10-23(22)19-29/h2-4,6-11,15,17H,5,12-14,16,18-19H2,1H3,(H,28,32). The number of aryl methyl sites for hydroxylation is 1. The average Bonchev–Trinajstić information content (AvgIpc) is 2.82. The van der Waals surface area contributed by atoms with Crippen LogP contribution in [0.15, 0.2) is 71.7 Å². The summed E-state index contributed by atoms with van der Waals surface area (Å²) in [4.78, 5) is 39.8. The van der Waals surface area contributed by atoms with Gasteiger partial charge in [0.2, 0.25) is 5.91 Å². The number of amides is 2. The van der Waals surface area contributed by atoms with Crippen molar-refractivity contribution < 1.29 is 9.59 Å². The lowest BCUT2D eigenvalue weighted by Crippen LogP contribution is -2.37. The van der Waals surface area contributed by atoms with Gasteiger partial charge in [0.1, 0.15) is 5.56 Å². The molecule has 0 saturated heterocycles. The summed E-state index contributed by atoms with van der Waals surface area (Å²) in [6.45, 7) is 4.14. The molecule has 2 aromatic carbocycles. The van der Waals surface area contributed by atoms with Crippen molar-refractivity contribution in [2.75, 3.05) is 13.1 Å². The molecule has 2 amide bonds. The minimum atomic E-state index is -0.405. The Morgan fingerprint density at radius 1 is 1.00 bits per heavy atom. The highest BCUT2D eigenvalue weighted by Gasteiger charge is 2.20. The molecule has 1 aliphatic rings. The molecule has 0 spiro atoms. The molecule has 0 radical (unpaired) electrons.